The van der Waals surface area contributed by atoms with Crippen LogP contribution < -0.4 is 10.3 Å². The maximum Gasteiger partial charge on any atom is 0.313 e. The number of halogens is 1. The van der Waals surface area contributed by atoms with Crippen molar-refractivity contribution in [3.63, 3.8) is 0 Å². The first-order valence-electron chi connectivity index (χ1n) is 11.7. The lowest BCUT2D eigenvalue weighted by Crippen LogP contribution is -2.20. The van der Waals surface area contributed by atoms with Crippen LogP contribution in [-0.2, 0) is 6.61 Å². The average Bonchev–Trinajstić information content (AvgIpc) is 2.92. The molecule has 5 rings (SSSR count). The number of benzene rings is 4. The predicted molar refractivity (Wildman–Crippen MR) is 148 cm³/mol. The summed E-state index contributed by atoms with van der Waals surface area (Å²) in [7, 11) is 0. The summed E-state index contributed by atoms with van der Waals surface area (Å²) in [5, 5.41) is 16.8. The third kappa shape index (κ3) is 5.16. The highest BCUT2D eigenvalue weighted by Gasteiger charge is 2.21. The van der Waals surface area contributed by atoms with Crippen molar-refractivity contribution in [1.82, 2.24) is 9.66 Å². The lowest BCUT2D eigenvalue weighted by atomic mass is 10.1. The van der Waals surface area contributed by atoms with E-state index >= 15 is 0 Å². The van der Waals surface area contributed by atoms with Crippen LogP contribution in [-0.4, -0.2) is 20.8 Å². The second-order valence-corrected chi connectivity index (χ2v) is 8.99. The monoisotopic (exact) mass is 524 g/mol. The lowest BCUT2D eigenvalue weighted by Gasteiger charge is -2.12. The van der Waals surface area contributed by atoms with Gasteiger partial charge in [0.15, 0.2) is 5.82 Å². The minimum atomic E-state index is -0.562. The number of nitro groups is 1. The number of fused-ring (bicyclic) bond motifs is 1. The van der Waals surface area contributed by atoms with E-state index in [4.69, 9.17) is 16.3 Å². The molecular weight excluding hydrogens is 504 g/mol. The standard InChI is InChI=1S/C29H21ClN4O4/c1-19-8-7-9-20(14-19)18-38-27-22(15-23(30)16-26(27)34(36)37)17-31-33-28(21-10-3-2-4-11-21)32-25-13-6-5-12-24(25)29(33)35/h2-17H,18H2,1H3. The molecule has 0 aliphatic carbocycles. The van der Waals surface area contributed by atoms with Crippen molar-refractivity contribution in [2.24, 2.45) is 5.10 Å². The normalized spacial score (nSPS) is 11.2. The fraction of sp³-hybridized carbons (Fsp3) is 0.0690. The molecule has 0 saturated carbocycles. The molecule has 0 aliphatic heterocycles. The van der Waals surface area contributed by atoms with Gasteiger partial charge in [0, 0.05) is 22.2 Å². The summed E-state index contributed by atoms with van der Waals surface area (Å²) >= 11 is 6.22. The van der Waals surface area contributed by atoms with Crippen LogP contribution in [0, 0.1) is 17.0 Å². The highest BCUT2D eigenvalue weighted by atomic mass is 35.5. The first kappa shape index (κ1) is 24.9. The van der Waals surface area contributed by atoms with Crippen LogP contribution in [0.3, 0.4) is 0 Å². The van der Waals surface area contributed by atoms with Gasteiger partial charge < -0.3 is 4.74 Å². The number of ether oxygens (including phenoxy) is 1. The van der Waals surface area contributed by atoms with E-state index in [1.807, 2.05) is 61.5 Å². The van der Waals surface area contributed by atoms with E-state index < -0.39 is 4.92 Å². The van der Waals surface area contributed by atoms with Gasteiger partial charge in [-0.2, -0.15) is 9.78 Å². The number of aryl methyl sites for hydroxylation is 1. The summed E-state index contributed by atoms with van der Waals surface area (Å²) in [6.45, 7) is 2.05. The molecule has 0 unspecified atom stereocenters. The molecule has 0 fully saturated rings. The van der Waals surface area contributed by atoms with Crippen LogP contribution in [0.1, 0.15) is 16.7 Å². The number of para-hydroxylation sites is 1. The molecule has 0 N–H and O–H groups in total. The van der Waals surface area contributed by atoms with Crippen molar-refractivity contribution in [1.29, 1.82) is 0 Å². The van der Waals surface area contributed by atoms with Crippen molar-refractivity contribution in [2.75, 3.05) is 0 Å². The zero-order valence-electron chi connectivity index (χ0n) is 20.2. The average molecular weight is 525 g/mol. The number of nitro benzene ring substituents is 1. The SMILES string of the molecule is Cc1cccc(COc2c(C=Nn3c(-c4ccccc4)nc4ccccc4c3=O)cc(Cl)cc2[N+](=O)[O-])c1. The van der Waals surface area contributed by atoms with Crippen molar-refractivity contribution in [2.45, 2.75) is 13.5 Å². The van der Waals surface area contributed by atoms with Gasteiger partial charge in [0.25, 0.3) is 5.56 Å². The van der Waals surface area contributed by atoms with E-state index in [-0.39, 0.29) is 34.2 Å². The Morgan fingerprint density at radius 2 is 1.79 bits per heavy atom. The van der Waals surface area contributed by atoms with Gasteiger partial charge in [-0.05, 0) is 30.7 Å². The molecule has 0 atom stereocenters. The maximum absolute atomic E-state index is 13.5. The van der Waals surface area contributed by atoms with E-state index in [1.165, 1.54) is 23.0 Å². The molecule has 0 saturated heterocycles. The summed E-state index contributed by atoms with van der Waals surface area (Å²) in [6, 6.07) is 26.5. The number of nitrogens with zero attached hydrogens (tertiary/aromatic N) is 4. The maximum atomic E-state index is 13.5. The minimum absolute atomic E-state index is 0.00675. The Hall–Kier alpha value is -4.82. The van der Waals surface area contributed by atoms with E-state index in [2.05, 4.69) is 10.1 Å². The Morgan fingerprint density at radius 1 is 1.03 bits per heavy atom. The Kier molecular flexibility index (Phi) is 6.97. The van der Waals surface area contributed by atoms with Crippen LogP contribution in [0.5, 0.6) is 5.75 Å². The number of hydrogen-bond donors (Lipinski definition) is 0. The van der Waals surface area contributed by atoms with E-state index in [0.29, 0.717) is 22.3 Å². The summed E-state index contributed by atoms with van der Waals surface area (Å²) < 4.78 is 7.11. The van der Waals surface area contributed by atoms with Gasteiger partial charge in [-0.3, -0.25) is 14.9 Å². The Morgan fingerprint density at radius 3 is 2.55 bits per heavy atom. The quantitative estimate of drug-likeness (QED) is 0.139. The summed E-state index contributed by atoms with van der Waals surface area (Å²) in [5.41, 5.74) is 2.65. The molecule has 0 bridgehead atoms. The van der Waals surface area contributed by atoms with Gasteiger partial charge in [-0.15, -0.1) is 0 Å². The van der Waals surface area contributed by atoms with Gasteiger partial charge in [0.05, 0.1) is 22.0 Å². The first-order chi connectivity index (χ1) is 18.4. The van der Waals surface area contributed by atoms with Crippen molar-refractivity contribution < 1.29 is 9.66 Å². The lowest BCUT2D eigenvalue weighted by molar-refractivity contribution is -0.385. The number of aromatic nitrogens is 2. The summed E-state index contributed by atoms with van der Waals surface area (Å²) in [4.78, 5) is 29.4. The number of hydrogen-bond acceptors (Lipinski definition) is 6. The van der Waals surface area contributed by atoms with Gasteiger partial charge >= 0.3 is 5.69 Å². The Labute approximate surface area is 222 Å². The summed E-state index contributed by atoms with van der Waals surface area (Å²) in [6.07, 6.45) is 1.33. The van der Waals surface area contributed by atoms with Crippen LogP contribution >= 0.6 is 11.6 Å². The Balaban J connectivity index is 1.64. The molecule has 1 heterocycles. The van der Waals surface area contributed by atoms with Gasteiger partial charge in [0.1, 0.15) is 6.61 Å². The molecule has 0 radical (unpaired) electrons. The fourth-order valence-electron chi connectivity index (χ4n) is 4.07. The topological polar surface area (TPSA) is 99.6 Å². The van der Waals surface area contributed by atoms with Gasteiger partial charge in [-0.1, -0.05) is 83.9 Å². The summed E-state index contributed by atoms with van der Waals surface area (Å²) in [5.74, 6) is 0.317. The molecule has 0 aliphatic rings. The third-order valence-electron chi connectivity index (χ3n) is 5.82. The second-order valence-electron chi connectivity index (χ2n) is 8.56. The molecule has 4 aromatic carbocycles. The smallest absolute Gasteiger partial charge is 0.313 e. The van der Waals surface area contributed by atoms with Crippen LogP contribution in [0.4, 0.5) is 5.69 Å². The minimum Gasteiger partial charge on any atom is -0.481 e. The van der Waals surface area contributed by atoms with E-state index in [0.717, 1.165) is 11.1 Å². The van der Waals surface area contributed by atoms with E-state index in [1.54, 1.807) is 24.3 Å². The van der Waals surface area contributed by atoms with Gasteiger partial charge in [0.2, 0.25) is 5.75 Å². The van der Waals surface area contributed by atoms with Crippen molar-refractivity contribution in [3.05, 3.63) is 133 Å². The van der Waals surface area contributed by atoms with Crippen molar-refractivity contribution in [3.8, 4) is 17.1 Å². The largest absolute Gasteiger partial charge is 0.481 e. The van der Waals surface area contributed by atoms with Crippen LogP contribution in [0.25, 0.3) is 22.3 Å². The van der Waals surface area contributed by atoms with Crippen molar-refractivity contribution >= 4 is 34.4 Å². The molecule has 8 nitrogen and oxygen atoms in total. The van der Waals surface area contributed by atoms with Gasteiger partial charge in [-0.25, -0.2) is 4.98 Å². The second kappa shape index (κ2) is 10.7. The molecular formula is C29H21ClN4O4. The zero-order valence-corrected chi connectivity index (χ0v) is 21.0. The molecule has 38 heavy (non-hydrogen) atoms. The molecule has 1 aromatic heterocycles. The highest BCUT2D eigenvalue weighted by Crippen LogP contribution is 2.34. The third-order valence-corrected chi connectivity index (χ3v) is 6.04. The Bertz CT molecular complexity index is 1750. The molecule has 5 aromatic rings. The molecule has 9 heteroatoms. The predicted octanol–water partition coefficient (Wildman–Crippen LogP) is 6.39. The fourth-order valence-corrected chi connectivity index (χ4v) is 4.29. The molecule has 0 spiro atoms. The zero-order chi connectivity index (χ0) is 26.6. The number of rotatable bonds is 7. The van der Waals surface area contributed by atoms with Crippen LogP contribution in [0.15, 0.2) is 101 Å². The van der Waals surface area contributed by atoms with E-state index in [9.17, 15) is 14.9 Å². The molecule has 188 valence electrons. The highest BCUT2D eigenvalue weighted by molar-refractivity contribution is 6.31. The van der Waals surface area contributed by atoms with Crippen LogP contribution in [0.2, 0.25) is 5.02 Å². The molecule has 0 amide bonds. The first-order valence-corrected chi connectivity index (χ1v) is 12.1.